The van der Waals surface area contributed by atoms with Crippen molar-refractivity contribution in [3.63, 3.8) is 0 Å². The molecule has 5 heteroatoms. The Hall–Kier alpha value is -2.05. The molecule has 0 unspecified atom stereocenters. The second-order valence-corrected chi connectivity index (χ2v) is 7.80. The minimum Gasteiger partial charge on any atom is -0.490 e. The van der Waals surface area contributed by atoms with Crippen molar-refractivity contribution < 1.29 is 9.47 Å². The Kier molecular flexibility index (Phi) is 7.34. The minimum atomic E-state index is 0.492. The molecule has 28 heavy (non-hydrogen) atoms. The third-order valence-corrected chi connectivity index (χ3v) is 5.28. The Morgan fingerprint density at radius 3 is 2.54 bits per heavy atom. The highest BCUT2D eigenvalue weighted by Gasteiger charge is 2.12. The lowest BCUT2D eigenvalue weighted by atomic mass is 10.2. The van der Waals surface area contributed by atoms with Gasteiger partial charge >= 0.3 is 0 Å². The highest BCUT2D eigenvalue weighted by Crippen LogP contribution is 2.34. The standard InChI is InChI=1S/C23H21ClINO2/c1-3-27-22-12-18(14-26-19-10-9-16(2)20(24)13-19)11-21(25)23(22)28-15-17-7-5-4-6-8-17/h4-14H,3,15H2,1-2H3. The molecule has 0 heterocycles. The molecule has 0 fully saturated rings. The maximum absolute atomic E-state index is 6.18. The van der Waals surface area contributed by atoms with E-state index in [4.69, 9.17) is 21.1 Å². The van der Waals surface area contributed by atoms with Crippen molar-refractivity contribution in [1.82, 2.24) is 0 Å². The van der Waals surface area contributed by atoms with Gasteiger partial charge in [-0.15, -0.1) is 0 Å². The molecule has 0 spiro atoms. The van der Waals surface area contributed by atoms with Gasteiger partial charge in [0.15, 0.2) is 11.5 Å². The van der Waals surface area contributed by atoms with Crippen molar-refractivity contribution in [2.24, 2.45) is 4.99 Å². The molecule has 0 aliphatic rings. The number of aliphatic imine (C=N–C) groups is 1. The highest BCUT2D eigenvalue weighted by molar-refractivity contribution is 14.1. The summed E-state index contributed by atoms with van der Waals surface area (Å²) in [5, 5.41) is 0.712. The molecule has 0 aliphatic heterocycles. The molecular formula is C23H21ClINO2. The van der Waals surface area contributed by atoms with Crippen LogP contribution in [0.15, 0.2) is 65.7 Å². The molecule has 0 aliphatic carbocycles. The summed E-state index contributed by atoms with van der Waals surface area (Å²) < 4.78 is 12.9. The molecule has 0 radical (unpaired) electrons. The fourth-order valence-corrected chi connectivity index (χ4v) is 3.56. The summed E-state index contributed by atoms with van der Waals surface area (Å²) in [6.07, 6.45) is 1.81. The van der Waals surface area contributed by atoms with E-state index < -0.39 is 0 Å². The number of hydrogen-bond acceptors (Lipinski definition) is 3. The predicted molar refractivity (Wildman–Crippen MR) is 125 cm³/mol. The lowest BCUT2D eigenvalue weighted by Crippen LogP contribution is -2.02. The summed E-state index contributed by atoms with van der Waals surface area (Å²) in [5.41, 5.74) is 3.90. The zero-order chi connectivity index (χ0) is 19.9. The Balaban J connectivity index is 1.83. The van der Waals surface area contributed by atoms with Gasteiger partial charge in [-0.1, -0.05) is 48.0 Å². The monoisotopic (exact) mass is 505 g/mol. The third-order valence-electron chi connectivity index (χ3n) is 4.08. The van der Waals surface area contributed by atoms with Crippen LogP contribution in [0, 0.1) is 10.5 Å². The van der Waals surface area contributed by atoms with Crippen molar-refractivity contribution in [3.8, 4) is 11.5 Å². The minimum absolute atomic E-state index is 0.492. The van der Waals surface area contributed by atoms with Gasteiger partial charge in [0.25, 0.3) is 0 Å². The van der Waals surface area contributed by atoms with Gasteiger partial charge in [-0.3, -0.25) is 4.99 Å². The van der Waals surface area contributed by atoms with E-state index in [9.17, 15) is 0 Å². The van der Waals surface area contributed by atoms with Crippen LogP contribution in [-0.4, -0.2) is 12.8 Å². The molecular weight excluding hydrogens is 485 g/mol. The van der Waals surface area contributed by atoms with Crippen LogP contribution in [-0.2, 0) is 6.61 Å². The predicted octanol–water partition coefficient (Wildman–Crippen LogP) is 6.98. The van der Waals surface area contributed by atoms with Crippen molar-refractivity contribution >= 4 is 46.1 Å². The lowest BCUT2D eigenvalue weighted by Gasteiger charge is -2.14. The topological polar surface area (TPSA) is 30.8 Å². The van der Waals surface area contributed by atoms with E-state index in [-0.39, 0.29) is 0 Å². The van der Waals surface area contributed by atoms with Crippen molar-refractivity contribution in [1.29, 1.82) is 0 Å². The first-order chi connectivity index (χ1) is 13.6. The summed E-state index contributed by atoms with van der Waals surface area (Å²) in [4.78, 5) is 4.53. The Bertz CT molecular complexity index is 974. The first kappa shape index (κ1) is 20.7. The van der Waals surface area contributed by atoms with Crippen LogP contribution >= 0.6 is 34.2 Å². The second-order valence-electron chi connectivity index (χ2n) is 6.23. The maximum Gasteiger partial charge on any atom is 0.175 e. The fourth-order valence-electron chi connectivity index (χ4n) is 2.61. The van der Waals surface area contributed by atoms with E-state index in [2.05, 4.69) is 27.6 Å². The molecule has 3 aromatic carbocycles. The second kappa shape index (κ2) is 9.94. The van der Waals surface area contributed by atoms with E-state index >= 15 is 0 Å². The number of hydrogen-bond donors (Lipinski definition) is 0. The summed E-state index contributed by atoms with van der Waals surface area (Å²) in [7, 11) is 0. The van der Waals surface area contributed by atoms with Gasteiger partial charge in [0.05, 0.1) is 15.9 Å². The summed E-state index contributed by atoms with van der Waals surface area (Å²) >= 11 is 8.45. The molecule has 0 saturated carbocycles. The van der Waals surface area contributed by atoms with Crippen LogP contribution in [0.2, 0.25) is 5.02 Å². The van der Waals surface area contributed by atoms with E-state index in [1.54, 1.807) is 0 Å². The van der Waals surface area contributed by atoms with Crippen LogP contribution in [0.1, 0.15) is 23.6 Å². The Morgan fingerprint density at radius 1 is 1.04 bits per heavy atom. The van der Waals surface area contributed by atoms with Gasteiger partial charge < -0.3 is 9.47 Å². The van der Waals surface area contributed by atoms with Gasteiger partial charge in [0, 0.05) is 11.2 Å². The quantitative estimate of drug-likeness (QED) is 0.256. The van der Waals surface area contributed by atoms with Crippen LogP contribution in [0.5, 0.6) is 11.5 Å². The number of nitrogens with zero attached hydrogens (tertiary/aromatic N) is 1. The largest absolute Gasteiger partial charge is 0.490 e. The molecule has 0 saturated heterocycles. The smallest absolute Gasteiger partial charge is 0.175 e. The number of ether oxygens (including phenoxy) is 2. The molecule has 0 atom stereocenters. The summed E-state index contributed by atoms with van der Waals surface area (Å²) in [6.45, 7) is 4.99. The average Bonchev–Trinajstić information content (AvgIpc) is 2.69. The number of halogens is 2. The SMILES string of the molecule is CCOc1cc(C=Nc2ccc(C)c(Cl)c2)cc(I)c1OCc1ccccc1. The van der Waals surface area contributed by atoms with Gasteiger partial charge in [-0.05, 0) is 77.4 Å². The lowest BCUT2D eigenvalue weighted by molar-refractivity contribution is 0.267. The number of benzene rings is 3. The van der Waals surface area contributed by atoms with Crippen molar-refractivity contribution in [3.05, 3.63) is 85.9 Å². The first-order valence-corrected chi connectivity index (χ1v) is 10.5. The van der Waals surface area contributed by atoms with Crippen molar-refractivity contribution in [2.45, 2.75) is 20.5 Å². The summed E-state index contributed by atoms with van der Waals surface area (Å²) in [5.74, 6) is 1.47. The molecule has 0 amide bonds. The number of rotatable bonds is 7. The first-order valence-electron chi connectivity index (χ1n) is 9.00. The van der Waals surface area contributed by atoms with Crippen molar-refractivity contribution in [2.75, 3.05) is 6.61 Å². The van der Waals surface area contributed by atoms with Gasteiger partial charge in [-0.25, -0.2) is 0 Å². The molecule has 0 aromatic heterocycles. The third kappa shape index (κ3) is 5.49. The van der Waals surface area contributed by atoms with Gasteiger partial charge in [-0.2, -0.15) is 0 Å². The Labute approximate surface area is 184 Å². The van der Waals surface area contributed by atoms with Crippen LogP contribution < -0.4 is 9.47 Å². The molecule has 3 aromatic rings. The number of aryl methyl sites for hydroxylation is 1. The van der Waals surface area contributed by atoms with E-state index in [0.717, 1.165) is 31.7 Å². The maximum atomic E-state index is 6.18. The Morgan fingerprint density at radius 2 is 1.82 bits per heavy atom. The fraction of sp³-hybridized carbons (Fsp3) is 0.174. The van der Waals surface area contributed by atoms with Gasteiger partial charge in [0.1, 0.15) is 6.61 Å². The normalized spacial score (nSPS) is 11.0. The van der Waals surface area contributed by atoms with Gasteiger partial charge in [0.2, 0.25) is 0 Å². The van der Waals surface area contributed by atoms with E-state index in [1.165, 1.54) is 0 Å². The van der Waals surface area contributed by atoms with Crippen LogP contribution in [0.4, 0.5) is 5.69 Å². The molecule has 3 rings (SSSR count). The summed E-state index contributed by atoms with van der Waals surface area (Å²) in [6, 6.07) is 19.8. The van der Waals surface area contributed by atoms with E-state index in [1.807, 2.05) is 80.7 Å². The molecule has 0 N–H and O–H groups in total. The molecule has 3 nitrogen and oxygen atoms in total. The van der Waals surface area contributed by atoms with E-state index in [0.29, 0.717) is 24.0 Å². The average molecular weight is 506 g/mol. The zero-order valence-corrected chi connectivity index (χ0v) is 18.7. The van der Waals surface area contributed by atoms with Crippen LogP contribution in [0.25, 0.3) is 0 Å². The van der Waals surface area contributed by atoms with Crippen LogP contribution in [0.3, 0.4) is 0 Å². The highest BCUT2D eigenvalue weighted by atomic mass is 127. The molecule has 144 valence electrons. The molecule has 0 bridgehead atoms. The zero-order valence-electron chi connectivity index (χ0n) is 15.8.